The number of hydrogen-bond acceptors (Lipinski definition) is 6. The minimum absolute atomic E-state index is 0.225. The van der Waals surface area contributed by atoms with Gasteiger partial charge >= 0.3 is 5.97 Å². The maximum absolute atomic E-state index is 12.2. The van der Waals surface area contributed by atoms with E-state index >= 15 is 0 Å². The van der Waals surface area contributed by atoms with E-state index in [0.29, 0.717) is 24.7 Å². The molecule has 0 radical (unpaired) electrons. The normalized spacial score (nSPS) is 18.7. The Bertz CT molecular complexity index is 417. The first-order valence-electron chi connectivity index (χ1n) is 5.87. The highest BCUT2D eigenvalue weighted by atomic mass is 16.7. The van der Waals surface area contributed by atoms with Crippen molar-refractivity contribution in [1.29, 1.82) is 0 Å². The predicted molar refractivity (Wildman–Crippen MR) is 65.5 cm³/mol. The van der Waals surface area contributed by atoms with E-state index in [9.17, 15) is 4.79 Å². The van der Waals surface area contributed by atoms with Crippen LogP contribution in [0.3, 0.4) is 0 Å². The van der Waals surface area contributed by atoms with Crippen LogP contribution >= 0.6 is 0 Å². The molecule has 1 fully saturated rings. The molecule has 1 aliphatic heterocycles. The van der Waals surface area contributed by atoms with Crippen LogP contribution in [0.25, 0.3) is 0 Å². The zero-order chi connectivity index (χ0) is 13.7. The van der Waals surface area contributed by atoms with Crippen LogP contribution in [0.4, 0.5) is 0 Å². The van der Waals surface area contributed by atoms with Crippen molar-refractivity contribution in [3.63, 3.8) is 0 Å². The third kappa shape index (κ3) is 3.15. The molecule has 0 aromatic heterocycles. The second-order valence-corrected chi connectivity index (χ2v) is 3.82. The summed E-state index contributed by atoms with van der Waals surface area (Å²) in [5.41, 5.74) is 0.238. The van der Waals surface area contributed by atoms with E-state index in [1.807, 2.05) is 0 Å². The Morgan fingerprint density at radius 1 is 1.21 bits per heavy atom. The zero-order valence-corrected chi connectivity index (χ0v) is 10.9. The van der Waals surface area contributed by atoms with E-state index in [2.05, 4.69) is 0 Å². The SMILES string of the molecule is COc1cccc(OC)c1C(=O)O[C@@H]1COCCO1. The number of ether oxygens (including phenoxy) is 5. The van der Waals surface area contributed by atoms with Crippen molar-refractivity contribution in [1.82, 2.24) is 0 Å². The van der Waals surface area contributed by atoms with Gasteiger partial charge in [0.05, 0.1) is 27.4 Å². The Morgan fingerprint density at radius 2 is 1.89 bits per heavy atom. The smallest absolute Gasteiger partial charge is 0.348 e. The minimum Gasteiger partial charge on any atom is -0.496 e. The summed E-state index contributed by atoms with van der Waals surface area (Å²) in [6, 6.07) is 5.06. The van der Waals surface area contributed by atoms with Crippen LogP contribution < -0.4 is 9.47 Å². The van der Waals surface area contributed by atoms with Gasteiger partial charge in [0.1, 0.15) is 23.7 Å². The van der Waals surface area contributed by atoms with E-state index in [-0.39, 0.29) is 12.2 Å². The van der Waals surface area contributed by atoms with Gasteiger partial charge in [0, 0.05) is 0 Å². The van der Waals surface area contributed by atoms with Crippen LogP contribution in [-0.2, 0) is 14.2 Å². The van der Waals surface area contributed by atoms with Crippen LogP contribution in [-0.4, -0.2) is 46.3 Å². The van der Waals surface area contributed by atoms with Crippen molar-refractivity contribution >= 4 is 5.97 Å². The molecule has 6 nitrogen and oxygen atoms in total. The van der Waals surface area contributed by atoms with Crippen LogP contribution in [0, 0.1) is 0 Å². The first kappa shape index (κ1) is 13.6. The van der Waals surface area contributed by atoms with Gasteiger partial charge in [-0.25, -0.2) is 4.79 Å². The summed E-state index contributed by atoms with van der Waals surface area (Å²) in [6.07, 6.45) is -0.698. The molecule has 0 spiro atoms. The van der Waals surface area contributed by atoms with Gasteiger partial charge in [0.25, 0.3) is 0 Å². The summed E-state index contributed by atoms with van der Waals surface area (Å²) < 4.78 is 25.9. The molecule has 0 unspecified atom stereocenters. The standard InChI is InChI=1S/C13H16O6/c1-15-9-4-3-5-10(16-2)12(9)13(14)19-11-8-17-6-7-18-11/h3-5,11H,6-8H2,1-2H3/t11-/m1/s1. The molecule has 0 bridgehead atoms. The third-order valence-electron chi connectivity index (χ3n) is 2.66. The summed E-state index contributed by atoms with van der Waals surface area (Å²) >= 11 is 0. The van der Waals surface area contributed by atoms with Crippen molar-refractivity contribution in [3.8, 4) is 11.5 Å². The zero-order valence-electron chi connectivity index (χ0n) is 10.9. The molecule has 0 N–H and O–H groups in total. The molecule has 0 aliphatic carbocycles. The third-order valence-corrected chi connectivity index (χ3v) is 2.66. The van der Waals surface area contributed by atoms with Crippen LogP contribution in [0.2, 0.25) is 0 Å². The van der Waals surface area contributed by atoms with Crippen molar-refractivity contribution in [2.24, 2.45) is 0 Å². The summed E-state index contributed by atoms with van der Waals surface area (Å²) in [5, 5.41) is 0. The average Bonchev–Trinajstić information content (AvgIpc) is 2.47. The molecular formula is C13H16O6. The quantitative estimate of drug-likeness (QED) is 0.765. The molecule has 1 heterocycles. The van der Waals surface area contributed by atoms with Crippen molar-refractivity contribution in [3.05, 3.63) is 23.8 Å². The fraction of sp³-hybridized carbons (Fsp3) is 0.462. The molecule has 6 heteroatoms. The molecular weight excluding hydrogens is 252 g/mol. The van der Waals surface area contributed by atoms with E-state index in [4.69, 9.17) is 23.7 Å². The summed E-state index contributed by atoms with van der Waals surface area (Å²) in [5.74, 6) is 0.215. The lowest BCUT2D eigenvalue weighted by atomic mass is 10.2. The van der Waals surface area contributed by atoms with Gasteiger partial charge in [-0.15, -0.1) is 0 Å². The van der Waals surface area contributed by atoms with Gasteiger partial charge < -0.3 is 23.7 Å². The van der Waals surface area contributed by atoms with Crippen LogP contribution in [0.5, 0.6) is 11.5 Å². The maximum atomic E-state index is 12.2. The van der Waals surface area contributed by atoms with E-state index in [0.717, 1.165) is 0 Å². The van der Waals surface area contributed by atoms with Gasteiger partial charge in [-0.3, -0.25) is 0 Å². The van der Waals surface area contributed by atoms with Crippen LogP contribution in [0.15, 0.2) is 18.2 Å². The molecule has 1 saturated heterocycles. The van der Waals surface area contributed by atoms with Crippen LogP contribution in [0.1, 0.15) is 10.4 Å². The number of benzene rings is 1. The lowest BCUT2D eigenvalue weighted by Gasteiger charge is -2.23. The highest BCUT2D eigenvalue weighted by Gasteiger charge is 2.25. The van der Waals surface area contributed by atoms with Crippen molar-refractivity contribution in [2.75, 3.05) is 34.0 Å². The van der Waals surface area contributed by atoms with Crippen molar-refractivity contribution in [2.45, 2.75) is 6.29 Å². The fourth-order valence-electron chi connectivity index (χ4n) is 1.76. The van der Waals surface area contributed by atoms with Gasteiger partial charge in [-0.1, -0.05) is 6.07 Å². The maximum Gasteiger partial charge on any atom is 0.348 e. The summed E-state index contributed by atoms with van der Waals surface area (Å²) in [6.45, 7) is 1.14. The number of carbonyl (C=O) groups excluding carboxylic acids is 1. The Hall–Kier alpha value is -1.79. The molecule has 1 aromatic carbocycles. The Balaban J connectivity index is 2.17. The lowest BCUT2D eigenvalue weighted by molar-refractivity contribution is -0.186. The number of carbonyl (C=O) groups is 1. The monoisotopic (exact) mass is 268 g/mol. The van der Waals surface area contributed by atoms with Crippen molar-refractivity contribution < 1.29 is 28.5 Å². The van der Waals surface area contributed by atoms with Gasteiger partial charge in [-0.2, -0.15) is 0 Å². The molecule has 1 aliphatic rings. The Morgan fingerprint density at radius 3 is 2.42 bits per heavy atom. The fourth-order valence-corrected chi connectivity index (χ4v) is 1.76. The highest BCUT2D eigenvalue weighted by molar-refractivity contribution is 5.95. The van der Waals surface area contributed by atoms with Gasteiger partial charge in [0.2, 0.25) is 6.29 Å². The first-order valence-corrected chi connectivity index (χ1v) is 5.87. The number of rotatable bonds is 4. The average molecular weight is 268 g/mol. The minimum atomic E-state index is -0.698. The Kier molecular flexibility index (Phi) is 4.59. The van der Waals surface area contributed by atoms with Gasteiger partial charge in [-0.05, 0) is 12.1 Å². The second kappa shape index (κ2) is 6.40. The molecule has 1 atom stereocenters. The highest BCUT2D eigenvalue weighted by Crippen LogP contribution is 2.29. The summed E-state index contributed by atoms with van der Waals surface area (Å²) in [7, 11) is 2.96. The largest absolute Gasteiger partial charge is 0.496 e. The molecule has 0 amide bonds. The van der Waals surface area contributed by atoms with E-state index in [1.165, 1.54) is 14.2 Å². The number of hydrogen-bond donors (Lipinski definition) is 0. The second-order valence-electron chi connectivity index (χ2n) is 3.82. The molecule has 2 rings (SSSR count). The molecule has 1 aromatic rings. The predicted octanol–water partition coefficient (Wildman–Crippen LogP) is 1.23. The molecule has 104 valence electrons. The Labute approximate surface area is 111 Å². The summed E-state index contributed by atoms with van der Waals surface area (Å²) in [4.78, 5) is 12.2. The van der Waals surface area contributed by atoms with E-state index in [1.54, 1.807) is 18.2 Å². The molecule has 19 heavy (non-hydrogen) atoms. The van der Waals surface area contributed by atoms with Gasteiger partial charge in [0.15, 0.2) is 0 Å². The first-order chi connectivity index (χ1) is 9.26. The topological polar surface area (TPSA) is 63.2 Å². The number of esters is 1. The van der Waals surface area contributed by atoms with E-state index < -0.39 is 12.3 Å². The molecule has 0 saturated carbocycles. The lowest BCUT2D eigenvalue weighted by Crippen LogP contribution is -2.33. The number of methoxy groups -OCH3 is 2.